The standard InChI is InChI=1S/C16H19ClN2O/c17-14-6-13(1-2-18-14)15(20)19-16-7-10-3-11(8-16)5-12(4-10)9-16/h1-2,6,10-12H,3-5,7-9H2,(H,19,20). The summed E-state index contributed by atoms with van der Waals surface area (Å²) in [5, 5.41) is 3.72. The lowest BCUT2D eigenvalue weighted by Crippen LogP contribution is -2.59. The Balaban J connectivity index is 1.55. The van der Waals surface area contributed by atoms with Crippen molar-refractivity contribution in [3.05, 3.63) is 29.0 Å². The van der Waals surface area contributed by atoms with Gasteiger partial charge in [0.15, 0.2) is 0 Å². The molecule has 106 valence electrons. The van der Waals surface area contributed by atoms with E-state index in [0.717, 1.165) is 17.8 Å². The summed E-state index contributed by atoms with van der Waals surface area (Å²) in [6.45, 7) is 0. The van der Waals surface area contributed by atoms with Crippen LogP contribution in [0.15, 0.2) is 18.3 Å². The van der Waals surface area contributed by atoms with Crippen LogP contribution < -0.4 is 5.32 Å². The zero-order chi connectivity index (χ0) is 13.7. The number of pyridine rings is 1. The number of hydrogen-bond acceptors (Lipinski definition) is 2. The largest absolute Gasteiger partial charge is 0.347 e. The lowest BCUT2D eigenvalue weighted by atomic mass is 9.53. The summed E-state index contributed by atoms with van der Waals surface area (Å²) in [4.78, 5) is 16.4. The van der Waals surface area contributed by atoms with Gasteiger partial charge in [0.25, 0.3) is 5.91 Å². The van der Waals surface area contributed by atoms with Crippen LogP contribution in [0.1, 0.15) is 48.9 Å². The number of aromatic nitrogens is 1. The number of nitrogens with zero attached hydrogens (tertiary/aromatic N) is 1. The molecule has 4 aliphatic rings. The topological polar surface area (TPSA) is 42.0 Å². The average molecular weight is 291 g/mol. The highest BCUT2D eigenvalue weighted by atomic mass is 35.5. The molecule has 0 atom stereocenters. The molecule has 0 aromatic carbocycles. The van der Waals surface area contributed by atoms with E-state index in [2.05, 4.69) is 10.3 Å². The maximum absolute atomic E-state index is 12.5. The summed E-state index contributed by atoms with van der Waals surface area (Å²) in [7, 11) is 0. The molecule has 0 saturated heterocycles. The fourth-order valence-corrected chi connectivity index (χ4v) is 5.29. The van der Waals surface area contributed by atoms with Crippen LogP contribution in [-0.4, -0.2) is 16.4 Å². The maximum atomic E-state index is 12.5. The quantitative estimate of drug-likeness (QED) is 0.848. The van der Waals surface area contributed by atoms with Crippen molar-refractivity contribution in [2.24, 2.45) is 17.8 Å². The molecule has 20 heavy (non-hydrogen) atoms. The van der Waals surface area contributed by atoms with Gasteiger partial charge < -0.3 is 5.32 Å². The van der Waals surface area contributed by atoms with Crippen LogP contribution in [0.3, 0.4) is 0 Å². The minimum Gasteiger partial charge on any atom is -0.347 e. The second-order valence-corrected chi connectivity index (χ2v) is 7.41. The normalized spacial score (nSPS) is 38.0. The molecular formula is C16H19ClN2O. The first-order valence-electron chi connectivity index (χ1n) is 7.56. The van der Waals surface area contributed by atoms with Gasteiger partial charge in [-0.2, -0.15) is 0 Å². The summed E-state index contributed by atoms with van der Waals surface area (Å²) in [6, 6.07) is 3.39. The Morgan fingerprint density at radius 3 is 2.35 bits per heavy atom. The molecule has 0 radical (unpaired) electrons. The highest BCUT2D eigenvalue weighted by Gasteiger charge is 2.51. The van der Waals surface area contributed by atoms with Crippen molar-refractivity contribution in [2.75, 3.05) is 0 Å². The molecule has 4 fully saturated rings. The molecule has 4 aliphatic carbocycles. The van der Waals surface area contributed by atoms with Gasteiger partial charge in [-0.1, -0.05) is 11.6 Å². The van der Waals surface area contributed by atoms with Crippen LogP contribution in [-0.2, 0) is 0 Å². The fourth-order valence-electron chi connectivity index (χ4n) is 5.12. The third-order valence-electron chi connectivity index (χ3n) is 5.41. The number of hydrogen-bond donors (Lipinski definition) is 1. The highest BCUT2D eigenvalue weighted by molar-refractivity contribution is 6.29. The third-order valence-corrected chi connectivity index (χ3v) is 5.61. The van der Waals surface area contributed by atoms with E-state index >= 15 is 0 Å². The van der Waals surface area contributed by atoms with Gasteiger partial charge in [-0.3, -0.25) is 4.79 Å². The van der Waals surface area contributed by atoms with Gasteiger partial charge in [-0.05, 0) is 68.4 Å². The molecule has 1 N–H and O–H groups in total. The first-order valence-corrected chi connectivity index (χ1v) is 7.94. The predicted octanol–water partition coefficient (Wildman–Crippen LogP) is 3.43. The van der Waals surface area contributed by atoms with Crippen molar-refractivity contribution < 1.29 is 4.79 Å². The smallest absolute Gasteiger partial charge is 0.251 e. The van der Waals surface area contributed by atoms with Crippen LogP contribution in [0.25, 0.3) is 0 Å². The van der Waals surface area contributed by atoms with Crippen molar-refractivity contribution in [2.45, 2.75) is 44.1 Å². The fraction of sp³-hybridized carbons (Fsp3) is 0.625. The van der Waals surface area contributed by atoms with E-state index in [9.17, 15) is 4.79 Å². The molecule has 4 heteroatoms. The molecule has 0 unspecified atom stereocenters. The molecule has 0 aliphatic heterocycles. The highest BCUT2D eigenvalue weighted by Crippen LogP contribution is 2.55. The summed E-state index contributed by atoms with van der Waals surface area (Å²) in [5.41, 5.74) is 0.683. The molecule has 1 amide bonds. The molecule has 4 saturated carbocycles. The summed E-state index contributed by atoms with van der Waals surface area (Å²) >= 11 is 5.87. The number of rotatable bonds is 2. The van der Waals surface area contributed by atoms with E-state index in [-0.39, 0.29) is 11.4 Å². The van der Waals surface area contributed by atoms with Crippen LogP contribution in [0, 0.1) is 17.8 Å². The van der Waals surface area contributed by atoms with Gasteiger partial charge >= 0.3 is 0 Å². The average Bonchev–Trinajstić information content (AvgIpc) is 2.36. The van der Waals surface area contributed by atoms with Crippen molar-refractivity contribution >= 4 is 17.5 Å². The van der Waals surface area contributed by atoms with Crippen LogP contribution >= 0.6 is 11.6 Å². The van der Waals surface area contributed by atoms with Crippen molar-refractivity contribution in [1.29, 1.82) is 0 Å². The van der Waals surface area contributed by atoms with E-state index in [1.54, 1.807) is 18.3 Å². The van der Waals surface area contributed by atoms with Gasteiger partial charge in [-0.15, -0.1) is 0 Å². The molecule has 5 rings (SSSR count). The first-order chi connectivity index (χ1) is 9.62. The van der Waals surface area contributed by atoms with Crippen LogP contribution in [0.5, 0.6) is 0 Å². The van der Waals surface area contributed by atoms with Crippen LogP contribution in [0.4, 0.5) is 0 Å². The number of halogens is 1. The van der Waals surface area contributed by atoms with E-state index in [1.807, 2.05) is 0 Å². The molecule has 3 nitrogen and oxygen atoms in total. The first kappa shape index (κ1) is 12.6. The van der Waals surface area contributed by atoms with E-state index in [1.165, 1.54) is 38.5 Å². The lowest BCUT2D eigenvalue weighted by Gasteiger charge is -2.56. The molecular weight excluding hydrogens is 272 g/mol. The van der Waals surface area contributed by atoms with Crippen molar-refractivity contribution in [3.63, 3.8) is 0 Å². The summed E-state index contributed by atoms with van der Waals surface area (Å²) in [6.07, 6.45) is 9.26. The van der Waals surface area contributed by atoms with Crippen molar-refractivity contribution in [1.82, 2.24) is 10.3 Å². The monoisotopic (exact) mass is 290 g/mol. The number of nitrogens with one attached hydrogen (secondary N) is 1. The molecule has 0 spiro atoms. The Morgan fingerprint density at radius 1 is 1.20 bits per heavy atom. The van der Waals surface area contributed by atoms with E-state index < -0.39 is 0 Å². The number of carbonyl (C=O) groups is 1. The molecule has 4 bridgehead atoms. The van der Waals surface area contributed by atoms with Crippen LogP contribution in [0.2, 0.25) is 5.15 Å². The molecule has 1 heterocycles. The second kappa shape index (κ2) is 4.45. The Morgan fingerprint density at radius 2 is 1.80 bits per heavy atom. The molecule has 1 aromatic heterocycles. The minimum absolute atomic E-state index is 0.0104. The molecule has 1 aromatic rings. The zero-order valence-electron chi connectivity index (χ0n) is 11.4. The van der Waals surface area contributed by atoms with Gasteiger partial charge in [0, 0.05) is 17.3 Å². The van der Waals surface area contributed by atoms with Gasteiger partial charge in [0.05, 0.1) is 0 Å². The Labute approximate surface area is 124 Å². The zero-order valence-corrected chi connectivity index (χ0v) is 12.2. The third kappa shape index (κ3) is 2.12. The number of carbonyl (C=O) groups excluding carboxylic acids is 1. The Kier molecular flexibility index (Phi) is 2.81. The lowest BCUT2D eigenvalue weighted by molar-refractivity contribution is -0.0167. The summed E-state index contributed by atoms with van der Waals surface area (Å²) < 4.78 is 0. The van der Waals surface area contributed by atoms with E-state index in [0.29, 0.717) is 10.7 Å². The van der Waals surface area contributed by atoms with Gasteiger partial charge in [0.1, 0.15) is 5.15 Å². The van der Waals surface area contributed by atoms with Gasteiger partial charge in [-0.25, -0.2) is 4.98 Å². The predicted molar refractivity (Wildman–Crippen MR) is 77.6 cm³/mol. The Hall–Kier alpha value is -1.09. The Bertz CT molecular complexity index is 522. The van der Waals surface area contributed by atoms with E-state index in [4.69, 9.17) is 11.6 Å². The second-order valence-electron chi connectivity index (χ2n) is 7.02. The minimum atomic E-state index is 0.0104. The maximum Gasteiger partial charge on any atom is 0.251 e. The number of amides is 1. The van der Waals surface area contributed by atoms with Crippen molar-refractivity contribution in [3.8, 4) is 0 Å². The van der Waals surface area contributed by atoms with Gasteiger partial charge in [0.2, 0.25) is 0 Å². The SMILES string of the molecule is O=C(NC12CC3CC(CC(C3)C1)C2)c1ccnc(Cl)c1. The summed E-state index contributed by atoms with van der Waals surface area (Å²) in [5.74, 6) is 2.52.